The van der Waals surface area contributed by atoms with Crippen molar-refractivity contribution in [3.63, 3.8) is 0 Å². The van der Waals surface area contributed by atoms with Crippen molar-refractivity contribution in [3.05, 3.63) is 113 Å². The lowest BCUT2D eigenvalue weighted by molar-refractivity contribution is -0.172. The molecule has 0 saturated carbocycles. The van der Waals surface area contributed by atoms with Crippen LogP contribution in [0.5, 0.6) is 11.5 Å². The standard InChI is InChI=1S/C47H44F2N6O10/c1-6-46(60)30-12-36-40-26(18-54(36)42(56)28(30)20-64-44(46)58)24(22-10-38(62-4)32(48)14-34(22)51-40)16-53(9-8-50-3)17-25-23-11-39(63-5)33(49)15-35(23)52-41-27(25)19-55-37(41)13-31-29(43(55)57)21-65-45(59)47(31,61)7-2/h10-15,50,60-61H,6-9,16-21H2,1-5H3/t46-,47-/m0/s1. The zero-order valence-electron chi connectivity index (χ0n) is 36.2. The highest BCUT2D eigenvalue weighted by atomic mass is 19.1. The van der Waals surface area contributed by atoms with Gasteiger partial charge in [0.15, 0.2) is 34.3 Å². The molecule has 0 aliphatic carbocycles. The van der Waals surface area contributed by atoms with E-state index in [-0.39, 0.29) is 97.0 Å². The third-order valence-corrected chi connectivity index (χ3v) is 13.6. The van der Waals surface area contributed by atoms with Gasteiger partial charge in [0.1, 0.15) is 13.2 Å². The Hall–Kier alpha value is -6.60. The van der Waals surface area contributed by atoms with Gasteiger partial charge in [-0.05, 0) is 55.3 Å². The van der Waals surface area contributed by atoms with Crippen LogP contribution in [-0.2, 0) is 69.7 Å². The van der Waals surface area contributed by atoms with E-state index in [9.17, 15) is 29.4 Å². The Balaban J connectivity index is 1.16. The molecule has 0 radical (unpaired) electrons. The van der Waals surface area contributed by atoms with Gasteiger partial charge in [-0.15, -0.1) is 0 Å². The highest BCUT2D eigenvalue weighted by Gasteiger charge is 2.47. The Morgan fingerprint density at radius 3 is 1.52 bits per heavy atom. The fourth-order valence-electron chi connectivity index (χ4n) is 9.93. The van der Waals surface area contributed by atoms with Crippen molar-refractivity contribution in [1.82, 2.24) is 29.3 Å². The number of carbonyl (C=O) groups is 2. The number of aliphatic hydroxyl groups is 2. The van der Waals surface area contributed by atoms with E-state index in [1.807, 2.05) is 7.05 Å². The monoisotopic (exact) mass is 890 g/mol. The number of rotatable bonds is 11. The van der Waals surface area contributed by atoms with Gasteiger partial charge in [-0.3, -0.25) is 14.5 Å². The van der Waals surface area contributed by atoms with Gasteiger partial charge in [0.25, 0.3) is 11.1 Å². The van der Waals surface area contributed by atoms with E-state index < -0.39 is 45.9 Å². The van der Waals surface area contributed by atoms with Gasteiger partial charge in [-0.1, -0.05) is 13.8 Å². The van der Waals surface area contributed by atoms with Crippen molar-refractivity contribution in [1.29, 1.82) is 0 Å². The van der Waals surface area contributed by atoms with Crippen molar-refractivity contribution in [3.8, 4) is 34.3 Å². The lowest BCUT2D eigenvalue weighted by atomic mass is 9.86. The van der Waals surface area contributed by atoms with Gasteiger partial charge in [-0.2, -0.15) is 0 Å². The quantitative estimate of drug-likeness (QED) is 0.158. The molecule has 3 N–H and O–H groups in total. The first-order chi connectivity index (χ1) is 31.2. The molecule has 0 bridgehead atoms. The number of likely N-dealkylation sites (N-methyl/N-ethyl adjacent to an activating group) is 1. The second-order valence-electron chi connectivity index (χ2n) is 16.9. The Kier molecular flexibility index (Phi) is 9.94. The molecule has 0 saturated heterocycles. The molecule has 4 aromatic heterocycles. The van der Waals surface area contributed by atoms with Crippen LogP contribution < -0.4 is 25.9 Å². The molecule has 0 unspecified atom stereocenters. The molecule has 4 aliphatic rings. The molecule has 336 valence electrons. The van der Waals surface area contributed by atoms with E-state index in [1.165, 1.54) is 35.5 Å². The Labute approximate surface area is 369 Å². The Morgan fingerprint density at radius 2 is 1.14 bits per heavy atom. The summed E-state index contributed by atoms with van der Waals surface area (Å²) in [6.07, 6.45) is -0.0845. The lowest BCUT2D eigenvalue weighted by Gasteiger charge is -2.31. The summed E-state index contributed by atoms with van der Waals surface area (Å²) in [4.78, 5) is 66.3. The number of pyridine rings is 4. The van der Waals surface area contributed by atoms with Crippen LogP contribution in [0.2, 0.25) is 0 Å². The molecule has 65 heavy (non-hydrogen) atoms. The molecule has 10 rings (SSSR count). The van der Waals surface area contributed by atoms with Crippen molar-refractivity contribution in [2.75, 3.05) is 34.4 Å². The van der Waals surface area contributed by atoms with Crippen molar-refractivity contribution >= 4 is 33.7 Å². The predicted octanol–water partition coefficient (Wildman–Crippen LogP) is 3.99. The van der Waals surface area contributed by atoms with E-state index in [0.29, 0.717) is 68.9 Å². The summed E-state index contributed by atoms with van der Waals surface area (Å²) < 4.78 is 55.6. The number of fused-ring (bicyclic) bond motifs is 10. The molecule has 8 heterocycles. The maximum absolute atomic E-state index is 15.6. The van der Waals surface area contributed by atoms with Gasteiger partial charge in [0.2, 0.25) is 0 Å². The molecule has 18 heteroatoms. The number of ether oxygens (including phenoxy) is 4. The number of aromatic nitrogens is 4. The smallest absolute Gasteiger partial charge is 0.343 e. The maximum Gasteiger partial charge on any atom is 0.343 e. The van der Waals surface area contributed by atoms with Crippen molar-refractivity contribution in [2.45, 2.75) is 77.3 Å². The van der Waals surface area contributed by atoms with Crippen LogP contribution in [0, 0.1) is 11.6 Å². The molecule has 2 atom stereocenters. The second kappa shape index (κ2) is 15.3. The van der Waals surface area contributed by atoms with Gasteiger partial charge >= 0.3 is 11.9 Å². The van der Waals surface area contributed by atoms with Crippen LogP contribution in [0.25, 0.3) is 44.6 Å². The Bertz CT molecular complexity index is 3020. The van der Waals surface area contributed by atoms with Crippen LogP contribution in [0.4, 0.5) is 8.78 Å². The summed E-state index contributed by atoms with van der Waals surface area (Å²) in [7, 11) is 4.54. The summed E-state index contributed by atoms with van der Waals surface area (Å²) in [6, 6.07) is 8.90. The normalized spacial score (nSPS) is 19.1. The fraction of sp³-hybridized carbons (Fsp3) is 0.362. The molecule has 6 aromatic rings. The van der Waals surface area contributed by atoms with Gasteiger partial charge in [0, 0.05) is 71.3 Å². The first kappa shape index (κ1) is 42.4. The van der Waals surface area contributed by atoms with E-state index in [2.05, 4.69) is 10.2 Å². The number of cyclic esters (lactones) is 2. The minimum atomic E-state index is -2.06. The van der Waals surface area contributed by atoms with Crippen LogP contribution in [0.1, 0.15) is 71.2 Å². The number of hydrogen-bond donors (Lipinski definition) is 3. The highest BCUT2D eigenvalue weighted by Crippen LogP contribution is 2.44. The number of methoxy groups -OCH3 is 2. The van der Waals surface area contributed by atoms with Crippen LogP contribution in [-0.4, -0.2) is 80.5 Å². The first-order valence-electron chi connectivity index (χ1n) is 21.3. The minimum absolute atomic E-state index is 0.0193. The largest absolute Gasteiger partial charge is 0.494 e. The number of esters is 2. The predicted molar refractivity (Wildman–Crippen MR) is 230 cm³/mol. The molecule has 0 amide bonds. The fourth-order valence-corrected chi connectivity index (χ4v) is 9.93. The van der Waals surface area contributed by atoms with Crippen molar-refractivity contribution in [2.24, 2.45) is 0 Å². The lowest BCUT2D eigenvalue weighted by Crippen LogP contribution is -2.44. The summed E-state index contributed by atoms with van der Waals surface area (Å²) >= 11 is 0. The zero-order chi connectivity index (χ0) is 45.9. The van der Waals surface area contributed by atoms with E-state index in [1.54, 1.807) is 38.1 Å². The average molecular weight is 891 g/mol. The molecule has 16 nitrogen and oxygen atoms in total. The molecule has 0 spiro atoms. The number of benzene rings is 2. The second-order valence-corrected chi connectivity index (χ2v) is 16.9. The third-order valence-electron chi connectivity index (χ3n) is 13.6. The highest BCUT2D eigenvalue weighted by molar-refractivity contribution is 5.92. The first-order valence-corrected chi connectivity index (χ1v) is 21.3. The summed E-state index contributed by atoms with van der Waals surface area (Å²) in [5.41, 5.74) is 0.324. The van der Waals surface area contributed by atoms with Crippen LogP contribution in [0.3, 0.4) is 0 Å². The van der Waals surface area contributed by atoms with Crippen molar-refractivity contribution < 1.29 is 47.5 Å². The zero-order valence-corrected chi connectivity index (χ0v) is 36.2. The minimum Gasteiger partial charge on any atom is -0.494 e. The molecule has 0 fully saturated rings. The number of carbonyl (C=O) groups excluding carboxylic acids is 2. The summed E-state index contributed by atoms with van der Waals surface area (Å²) in [5, 5.41) is 27.4. The van der Waals surface area contributed by atoms with Gasteiger partial charge in [-0.25, -0.2) is 28.3 Å². The van der Waals surface area contributed by atoms with E-state index in [4.69, 9.17) is 28.9 Å². The maximum atomic E-state index is 15.6. The molecular weight excluding hydrogens is 847 g/mol. The topological polar surface area (TPSA) is 197 Å². The van der Waals surface area contributed by atoms with Gasteiger partial charge in [0.05, 0.1) is 72.2 Å². The number of nitrogens with one attached hydrogen (secondary N) is 1. The summed E-state index contributed by atoms with van der Waals surface area (Å²) in [5.74, 6) is -3.06. The van der Waals surface area contributed by atoms with Gasteiger partial charge < -0.3 is 43.6 Å². The molecule has 4 aliphatic heterocycles. The van der Waals surface area contributed by atoms with E-state index in [0.717, 1.165) is 0 Å². The molecular formula is C47H44F2N6O10. The Morgan fingerprint density at radius 1 is 0.708 bits per heavy atom. The molecule has 2 aromatic carbocycles. The van der Waals surface area contributed by atoms with E-state index >= 15 is 8.78 Å². The summed E-state index contributed by atoms with van der Waals surface area (Å²) in [6.45, 7) is 4.08. The average Bonchev–Trinajstić information content (AvgIpc) is 3.86. The number of hydrogen-bond acceptors (Lipinski definition) is 14. The third kappa shape index (κ3) is 6.14. The SMILES string of the molecule is CC[C@@]1(O)C(=O)OCc2c1cc1n(c2=O)Cc2c-1nc1cc(F)c(OC)cc1c2CN(CCNC)Cc1c2c(nc3cc(F)c(OC)cc13)-c1cc3c(c(=O)n1C2)COC(=O)[C@]3(O)CC. The number of halogens is 2. The van der Waals surface area contributed by atoms with Crippen LogP contribution in [0.15, 0.2) is 46.0 Å². The van der Waals surface area contributed by atoms with Crippen LogP contribution >= 0.6 is 0 Å². The number of nitrogens with zero attached hydrogens (tertiary/aromatic N) is 5.